The lowest BCUT2D eigenvalue weighted by Gasteiger charge is -2.33. The van der Waals surface area contributed by atoms with Crippen LogP contribution in [0.15, 0.2) is 0 Å². The molecule has 1 aliphatic heterocycles. The van der Waals surface area contributed by atoms with Crippen molar-refractivity contribution in [2.24, 2.45) is 11.8 Å². The Morgan fingerprint density at radius 3 is 2.71 bits per heavy atom. The van der Waals surface area contributed by atoms with Gasteiger partial charge in [0.1, 0.15) is 0 Å². The molecular weight excluding hydrogens is 218 g/mol. The van der Waals surface area contributed by atoms with Gasteiger partial charge in [-0.2, -0.15) is 0 Å². The lowest BCUT2D eigenvalue weighted by atomic mass is 9.93. The summed E-state index contributed by atoms with van der Waals surface area (Å²) >= 11 is 0. The van der Waals surface area contributed by atoms with E-state index in [1.165, 1.54) is 0 Å². The van der Waals surface area contributed by atoms with Gasteiger partial charge >= 0.3 is 5.97 Å². The molecule has 1 atom stereocenters. The fourth-order valence-electron chi connectivity index (χ4n) is 2.33. The van der Waals surface area contributed by atoms with E-state index in [1.54, 1.807) is 0 Å². The minimum Gasteiger partial charge on any atom is -0.481 e. The van der Waals surface area contributed by atoms with Crippen LogP contribution in [0.3, 0.4) is 0 Å². The number of amides is 1. The molecule has 1 fully saturated rings. The van der Waals surface area contributed by atoms with Crippen molar-refractivity contribution >= 4 is 11.9 Å². The minimum absolute atomic E-state index is 0.219. The first-order chi connectivity index (χ1) is 7.99. The molecule has 0 radical (unpaired) electrons. The highest BCUT2D eigenvalue weighted by Gasteiger charge is 2.24. The fourth-order valence-corrected chi connectivity index (χ4v) is 2.33. The lowest BCUT2D eigenvalue weighted by Crippen LogP contribution is -2.40. The third-order valence-electron chi connectivity index (χ3n) is 3.22. The number of nitrogens with zero attached hydrogens (tertiary/aromatic N) is 1. The Bertz CT molecular complexity index is 276. The second-order valence-electron chi connectivity index (χ2n) is 5.38. The minimum atomic E-state index is -0.740. The van der Waals surface area contributed by atoms with Crippen LogP contribution in [0.5, 0.6) is 0 Å². The van der Waals surface area contributed by atoms with E-state index in [0.29, 0.717) is 24.7 Å². The molecule has 1 N–H and O–H groups in total. The first kappa shape index (κ1) is 14.0. The fraction of sp³-hybridized carbons (Fsp3) is 0.846. The van der Waals surface area contributed by atoms with Gasteiger partial charge in [-0.15, -0.1) is 0 Å². The summed E-state index contributed by atoms with van der Waals surface area (Å²) in [5.41, 5.74) is 0. The molecule has 98 valence electrons. The Balaban J connectivity index is 2.37. The highest BCUT2D eigenvalue weighted by molar-refractivity contribution is 5.76. The summed E-state index contributed by atoms with van der Waals surface area (Å²) < 4.78 is 0. The molecule has 4 heteroatoms. The van der Waals surface area contributed by atoms with Gasteiger partial charge in [-0.1, -0.05) is 13.8 Å². The second-order valence-corrected chi connectivity index (χ2v) is 5.38. The quantitative estimate of drug-likeness (QED) is 0.802. The second kappa shape index (κ2) is 6.62. The Morgan fingerprint density at radius 2 is 2.12 bits per heavy atom. The van der Waals surface area contributed by atoms with Crippen LogP contribution in [-0.4, -0.2) is 35.0 Å². The maximum Gasteiger partial charge on any atom is 0.303 e. The number of carbonyl (C=O) groups is 2. The molecular formula is C13H23NO3. The van der Waals surface area contributed by atoms with Gasteiger partial charge in [-0.05, 0) is 31.1 Å². The largest absolute Gasteiger partial charge is 0.481 e. The number of piperidine rings is 1. The number of hydrogen-bond acceptors (Lipinski definition) is 2. The van der Waals surface area contributed by atoms with Crippen LogP contribution in [0.4, 0.5) is 0 Å². The molecule has 1 unspecified atom stereocenters. The number of hydrogen-bond donors (Lipinski definition) is 1. The van der Waals surface area contributed by atoms with Crippen molar-refractivity contribution in [2.45, 2.75) is 46.0 Å². The van der Waals surface area contributed by atoms with Gasteiger partial charge in [0.2, 0.25) is 5.91 Å². The lowest BCUT2D eigenvalue weighted by molar-refractivity contribution is -0.137. The Labute approximate surface area is 103 Å². The zero-order valence-corrected chi connectivity index (χ0v) is 10.8. The van der Waals surface area contributed by atoms with Crippen molar-refractivity contribution in [3.05, 3.63) is 0 Å². The summed E-state index contributed by atoms with van der Waals surface area (Å²) in [6, 6.07) is 0. The Kier molecular flexibility index (Phi) is 5.45. The van der Waals surface area contributed by atoms with Crippen LogP contribution in [0.2, 0.25) is 0 Å². The summed E-state index contributed by atoms with van der Waals surface area (Å²) in [7, 11) is 0. The SMILES string of the molecule is CC(C)CC(=O)N1CCCC(CCC(=O)O)C1. The van der Waals surface area contributed by atoms with E-state index in [-0.39, 0.29) is 12.3 Å². The normalized spacial score (nSPS) is 20.6. The molecule has 1 saturated heterocycles. The summed E-state index contributed by atoms with van der Waals surface area (Å²) in [5.74, 6) is 0.244. The van der Waals surface area contributed by atoms with Gasteiger partial charge in [0.25, 0.3) is 0 Å². The molecule has 1 amide bonds. The van der Waals surface area contributed by atoms with Gasteiger partial charge < -0.3 is 10.0 Å². The number of carboxylic acids is 1. The molecule has 0 saturated carbocycles. The van der Waals surface area contributed by atoms with Crippen LogP contribution >= 0.6 is 0 Å². The van der Waals surface area contributed by atoms with Gasteiger partial charge in [-0.3, -0.25) is 9.59 Å². The van der Waals surface area contributed by atoms with E-state index in [0.717, 1.165) is 25.9 Å². The smallest absolute Gasteiger partial charge is 0.303 e. The third kappa shape index (κ3) is 5.20. The summed E-state index contributed by atoms with van der Waals surface area (Å²) in [4.78, 5) is 24.3. The molecule has 0 aromatic rings. The standard InChI is InChI=1S/C13H23NO3/c1-10(2)8-12(15)14-7-3-4-11(9-14)5-6-13(16)17/h10-11H,3-9H2,1-2H3,(H,16,17). The molecule has 4 nitrogen and oxygen atoms in total. The van der Waals surface area contributed by atoms with Crippen molar-refractivity contribution in [1.82, 2.24) is 4.90 Å². The number of rotatable bonds is 5. The first-order valence-electron chi connectivity index (χ1n) is 6.48. The predicted octanol–water partition coefficient (Wildman–Crippen LogP) is 2.14. The van der Waals surface area contributed by atoms with E-state index in [2.05, 4.69) is 0 Å². The molecule has 0 aromatic carbocycles. The number of aliphatic carboxylic acids is 1. The van der Waals surface area contributed by atoms with Crippen molar-refractivity contribution in [1.29, 1.82) is 0 Å². The van der Waals surface area contributed by atoms with Crippen LogP contribution in [0.25, 0.3) is 0 Å². The van der Waals surface area contributed by atoms with Gasteiger partial charge in [0, 0.05) is 25.9 Å². The molecule has 17 heavy (non-hydrogen) atoms. The molecule has 1 aliphatic rings. The molecule has 0 bridgehead atoms. The van der Waals surface area contributed by atoms with E-state index in [1.807, 2.05) is 18.7 Å². The monoisotopic (exact) mass is 241 g/mol. The van der Waals surface area contributed by atoms with E-state index >= 15 is 0 Å². The third-order valence-corrected chi connectivity index (χ3v) is 3.22. The Hall–Kier alpha value is -1.06. The van der Waals surface area contributed by atoms with Crippen molar-refractivity contribution < 1.29 is 14.7 Å². The zero-order valence-electron chi connectivity index (χ0n) is 10.8. The average molecular weight is 241 g/mol. The molecule has 0 spiro atoms. The van der Waals surface area contributed by atoms with E-state index < -0.39 is 5.97 Å². The maximum absolute atomic E-state index is 11.9. The van der Waals surface area contributed by atoms with Crippen LogP contribution in [-0.2, 0) is 9.59 Å². The van der Waals surface area contributed by atoms with Crippen LogP contribution < -0.4 is 0 Å². The molecule has 0 aromatic heterocycles. The van der Waals surface area contributed by atoms with Crippen LogP contribution in [0.1, 0.15) is 46.0 Å². The predicted molar refractivity (Wildman–Crippen MR) is 65.6 cm³/mol. The van der Waals surface area contributed by atoms with Crippen molar-refractivity contribution in [2.75, 3.05) is 13.1 Å². The number of carboxylic acid groups (broad SMARTS) is 1. The van der Waals surface area contributed by atoms with Crippen molar-refractivity contribution in [3.63, 3.8) is 0 Å². The molecule has 0 aliphatic carbocycles. The van der Waals surface area contributed by atoms with E-state index in [9.17, 15) is 9.59 Å². The summed E-state index contributed by atoms with van der Waals surface area (Å²) in [6.07, 6.45) is 3.58. The summed E-state index contributed by atoms with van der Waals surface area (Å²) in [6.45, 7) is 5.68. The highest BCUT2D eigenvalue weighted by Crippen LogP contribution is 2.22. The zero-order chi connectivity index (χ0) is 12.8. The Morgan fingerprint density at radius 1 is 1.41 bits per heavy atom. The van der Waals surface area contributed by atoms with E-state index in [4.69, 9.17) is 5.11 Å². The van der Waals surface area contributed by atoms with Crippen LogP contribution in [0, 0.1) is 11.8 Å². The van der Waals surface area contributed by atoms with Gasteiger partial charge in [-0.25, -0.2) is 0 Å². The highest BCUT2D eigenvalue weighted by atomic mass is 16.4. The topological polar surface area (TPSA) is 57.6 Å². The summed E-state index contributed by atoms with van der Waals surface area (Å²) in [5, 5.41) is 8.66. The van der Waals surface area contributed by atoms with Gasteiger partial charge in [0.15, 0.2) is 0 Å². The first-order valence-corrected chi connectivity index (χ1v) is 6.48. The molecule has 1 heterocycles. The number of carbonyl (C=O) groups excluding carboxylic acids is 1. The maximum atomic E-state index is 11.9. The van der Waals surface area contributed by atoms with Crippen molar-refractivity contribution in [3.8, 4) is 0 Å². The number of likely N-dealkylation sites (tertiary alicyclic amines) is 1. The average Bonchev–Trinajstić information content (AvgIpc) is 2.26. The van der Waals surface area contributed by atoms with Gasteiger partial charge in [0.05, 0.1) is 0 Å². The molecule has 1 rings (SSSR count).